The molecule has 1 aromatic carbocycles. The quantitative estimate of drug-likeness (QED) is 0.280. The third-order valence-corrected chi connectivity index (χ3v) is 7.71. The van der Waals surface area contributed by atoms with Crippen molar-refractivity contribution in [1.29, 1.82) is 0 Å². The zero-order valence-electron chi connectivity index (χ0n) is 21.5. The van der Waals surface area contributed by atoms with Gasteiger partial charge in [-0.3, -0.25) is 14.2 Å². The molecule has 0 amide bonds. The van der Waals surface area contributed by atoms with E-state index in [0.717, 1.165) is 43.4 Å². The predicted octanol–water partition coefficient (Wildman–Crippen LogP) is 4.61. The van der Waals surface area contributed by atoms with E-state index in [4.69, 9.17) is 4.98 Å². The monoisotopic (exact) mass is 668 g/mol. The Bertz CT molecular complexity index is 1320. The van der Waals surface area contributed by atoms with Crippen LogP contribution in [0, 0.1) is 18.4 Å². The van der Waals surface area contributed by atoms with E-state index in [1.807, 2.05) is 18.2 Å². The van der Waals surface area contributed by atoms with Gasteiger partial charge < -0.3 is 15.1 Å². The first-order chi connectivity index (χ1) is 17.4. The normalized spacial score (nSPS) is 21.7. The number of nitrogens with one attached hydrogen (secondary N) is 1. The molecule has 0 radical (unpaired) electrons. The second-order valence-corrected chi connectivity index (χ2v) is 10.1. The van der Waals surface area contributed by atoms with Gasteiger partial charge in [-0.15, -0.1) is 0 Å². The molecular formula is C29H34N5O2W-. The molecule has 0 unspecified atom stereocenters. The van der Waals surface area contributed by atoms with Crippen molar-refractivity contribution in [3.8, 4) is 0 Å². The van der Waals surface area contributed by atoms with Crippen LogP contribution in [0.4, 0.5) is 17.2 Å². The topological polar surface area (TPSA) is 70.5 Å². The minimum atomic E-state index is -0.0484. The van der Waals surface area contributed by atoms with Crippen LogP contribution in [0.3, 0.4) is 0 Å². The van der Waals surface area contributed by atoms with E-state index in [1.165, 1.54) is 11.8 Å². The Morgan fingerprint density at radius 1 is 1.16 bits per heavy atom. The number of carbonyl (C=O) groups excluding carboxylic acids is 1. The van der Waals surface area contributed by atoms with Crippen LogP contribution in [-0.2, 0) is 32.4 Å². The maximum atomic E-state index is 12.7. The Hall–Kier alpha value is -2.76. The van der Waals surface area contributed by atoms with Gasteiger partial charge in [-0.1, -0.05) is 20.0 Å². The van der Waals surface area contributed by atoms with E-state index < -0.39 is 0 Å². The first-order valence-electron chi connectivity index (χ1n) is 12.8. The molecule has 37 heavy (non-hydrogen) atoms. The summed E-state index contributed by atoms with van der Waals surface area (Å²) >= 11 is 0. The van der Waals surface area contributed by atoms with Crippen molar-refractivity contribution in [2.24, 2.45) is 11.8 Å². The molecule has 5 rings (SSSR count). The molecular weight excluding hydrogens is 634 g/mol. The summed E-state index contributed by atoms with van der Waals surface area (Å²) in [5.41, 5.74) is 2.79. The molecule has 1 aliphatic carbocycles. The van der Waals surface area contributed by atoms with Crippen LogP contribution < -0.4 is 15.8 Å². The Morgan fingerprint density at radius 2 is 1.89 bits per heavy atom. The molecule has 1 aliphatic heterocycles. The summed E-state index contributed by atoms with van der Waals surface area (Å²) in [6.45, 7) is 10.5. The Balaban J connectivity index is 0.00000320. The Kier molecular flexibility index (Phi) is 8.66. The molecule has 2 aliphatic rings. The minimum Gasteiger partial charge on any atom is -0.454 e. The number of fused-ring (bicyclic) bond motifs is 1. The van der Waals surface area contributed by atoms with Gasteiger partial charge in [0.1, 0.15) is 11.5 Å². The average molecular weight is 668 g/mol. The van der Waals surface area contributed by atoms with Crippen molar-refractivity contribution < 1.29 is 25.9 Å². The van der Waals surface area contributed by atoms with Crippen LogP contribution in [-0.4, -0.2) is 46.4 Å². The molecule has 1 atom stereocenters. The molecule has 8 heteroatoms. The number of likely N-dealkylation sites (N-methyl/N-ethyl adjacent to an activating group) is 1. The van der Waals surface area contributed by atoms with Gasteiger partial charge in [0.25, 0.3) is 5.56 Å². The number of carbonyl (C=O) groups is 1. The first-order valence-corrected chi connectivity index (χ1v) is 12.8. The maximum Gasteiger partial charge on any atom is 0.252 e. The van der Waals surface area contributed by atoms with Crippen molar-refractivity contribution >= 4 is 34.0 Å². The molecule has 0 spiro atoms. The SMILES string of the molecule is C=CC(=O)C1CC(CCn2c(=O)ccc3ccc(Nc4ccc(N5C[CH-]N(C)[C@H](C)C5)cc4)nc32)C1.[W]. The summed E-state index contributed by atoms with van der Waals surface area (Å²) in [7, 11) is 2.13. The molecule has 2 fully saturated rings. The van der Waals surface area contributed by atoms with Gasteiger partial charge in [0, 0.05) is 62.9 Å². The van der Waals surface area contributed by atoms with E-state index in [2.05, 4.69) is 66.5 Å². The molecule has 194 valence electrons. The summed E-state index contributed by atoms with van der Waals surface area (Å²) in [6, 6.07) is 16.3. The van der Waals surface area contributed by atoms with Gasteiger partial charge >= 0.3 is 0 Å². The van der Waals surface area contributed by atoms with Crippen molar-refractivity contribution in [3.63, 3.8) is 0 Å². The van der Waals surface area contributed by atoms with E-state index in [-0.39, 0.29) is 38.3 Å². The third-order valence-electron chi connectivity index (χ3n) is 7.71. The summed E-state index contributed by atoms with van der Waals surface area (Å²) in [5, 5.41) is 4.33. The number of aromatic nitrogens is 2. The van der Waals surface area contributed by atoms with Gasteiger partial charge in [-0.05, 0) is 86.8 Å². The first kappa shape index (κ1) is 27.3. The smallest absolute Gasteiger partial charge is 0.252 e. The fourth-order valence-electron chi connectivity index (χ4n) is 5.17. The second-order valence-electron chi connectivity index (χ2n) is 10.1. The number of nitrogens with zero attached hydrogens (tertiary/aromatic N) is 4. The molecule has 2 aromatic heterocycles. The molecule has 3 aromatic rings. The summed E-state index contributed by atoms with van der Waals surface area (Å²) in [6.07, 6.45) is 4.05. The van der Waals surface area contributed by atoms with Gasteiger partial charge in [0.2, 0.25) is 0 Å². The third kappa shape index (κ3) is 6.05. The molecule has 3 heterocycles. The fourth-order valence-corrected chi connectivity index (χ4v) is 5.17. The van der Waals surface area contributed by atoms with Crippen molar-refractivity contribution in [1.82, 2.24) is 14.5 Å². The van der Waals surface area contributed by atoms with E-state index in [1.54, 1.807) is 10.6 Å². The van der Waals surface area contributed by atoms with Crippen molar-refractivity contribution in [2.75, 3.05) is 30.4 Å². The summed E-state index contributed by atoms with van der Waals surface area (Å²) < 4.78 is 1.76. The van der Waals surface area contributed by atoms with Crippen LogP contribution in [0.15, 0.2) is 66.0 Å². The fraction of sp³-hybridized carbons (Fsp3) is 0.379. The number of allylic oxidation sites excluding steroid dienone is 1. The zero-order chi connectivity index (χ0) is 25.2. The van der Waals surface area contributed by atoms with Crippen LogP contribution in [0.25, 0.3) is 11.0 Å². The largest absolute Gasteiger partial charge is 0.454 e. The van der Waals surface area contributed by atoms with Crippen LogP contribution in [0.2, 0.25) is 0 Å². The van der Waals surface area contributed by atoms with E-state index in [9.17, 15) is 9.59 Å². The molecule has 0 bridgehead atoms. The van der Waals surface area contributed by atoms with Gasteiger partial charge in [0.05, 0.1) is 0 Å². The molecule has 7 nitrogen and oxygen atoms in total. The van der Waals surface area contributed by atoms with E-state index >= 15 is 0 Å². The number of pyridine rings is 2. The summed E-state index contributed by atoms with van der Waals surface area (Å²) in [5.74, 6) is 1.41. The maximum absolute atomic E-state index is 12.7. The number of hydrogen-bond donors (Lipinski definition) is 1. The second kappa shape index (κ2) is 11.7. The number of benzene rings is 1. The summed E-state index contributed by atoms with van der Waals surface area (Å²) in [4.78, 5) is 33.9. The molecule has 1 N–H and O–H groups in total. The number of anilines is 3. The van der Waals surface area contributed by atoms with Crippen LogP contribution in [0.5, 0.6) is 0 Å². The van der Waals surface area contributed by atoms with Crippen molar-refractivity contribution in [2.45, 2.75) is 38.8 Å². The Morgan fingerprint density at radius 3 is 2.59 bits per heavy atom. The van der Waals surface area contributed by atoms with Gasteiger partial charge in [0.15, 0.2) is 5.78 Å². The minimum absolute atomic E-state index is 0. The number of ketones is 1. The zero-order valence-corrected chi connectivity index (χ0v) is 24.4. The average Bonchev–Trinajstić information content (AvgIpc) is 2.86. The van der Waals surface area contributed by atoms with Gasteiger partial charge in [-0.25, -0.2) is 11.5 Å². The number of piperazine rings is 1. The standard InChI is InChI=1S/C29H34N5O2.W/c1-4-26(35)23-17-21(18-23)13-14-34-28(36)12-6-22-5-11-27(31-29(22)34)30-24-7-9-25(10-8-24)33-16-15-32(3)20(2)19-33;/h4-12,15,20-21,23H,1,13-14,16-19H2,2-3H3,(H,30,31);/q-1;/t20-,21?,23?;/m1./s1. The van der Waals surface area contributed by atoms with E-state index in [0.29, 0.717) is 30.0 Å². The van der Waals surface area contributed by atoms with Gasteiger partial charge in [-0.2, -0.15) is 0 Å². The van der Waals surface area contributed by atoms with Crippen molar-refractivity contribution in [3.05, 3.63) is 78.1 Å². The predicted molar refractivity (Wildman–Crippen MR) is 146 cm³/mol. The van der Waals surface area contributed by atoms with Crippen LogP contribution >= 0.6 is 0 Å². The molecule has 1 saturated carbocycles. The molecule has 1 saturated heterocycles. The van der Waals surface area contributed by atoms with Crippen LogP contribution in [0.1, 0.15) is 26.2 Å². The number of rotatable bonds is 8. The number of hydrogen-bond acceptors (Lipinski definition) is 6. The number of aryl methyl sites for hydroxylation is 1. The Labute approximate surface area is 232 Å².